The first-order chi connectivity index (χ1) is 16.8. The first kappa shape index (κ1) is 23.4. The first-order valence-corrected chi connectivity index (χ1v) is 13.8. The number of anilines is 1. The third-order valence-electron chi connectivity index (χ3n) is 10.4. The van der Waals surface area contributed by atoms with Crippen LogP contribution in [0.2, 0.25) is 0 Å². The van der Waals surface area contributed by atoms with Gasteiger partial charge in [0.1, 0.15) is 12.5 Å². The second-order valence-corrected chi connectivity index (χ2v) is 11.9. The summed E-state index contributed by atoms with van der Waals surface area (Å²) < 4.78 is 11.8. The van der Waals surface area contributed by atoms with Gasteiger partial charge in [0.25, 0.3) is 5.79 Å². The van der Waals surface area contributed by atoms with Gasteiger partial charge >= 0.3 is 0 Å². The number of fused-ring (bicyclic) bond motifs is 4. The fraction of sp³-hybridized carbons (Fsp3) is 0.667. The molecule has 4 aliphatic carbocycles. The highest BCUT2D eigenvalue weighted by Gasteiger charge is 2.60. The van der Waals surface area contributed by atoms with E-state index in [0.29, 0.717) is 18.3 Å². The van der Waals surface area contributed by atoms with E-state index in [9.17, 15) is 10.2 Å². The highest BCUT2D eigenvalue weighted by molar-refractivity contribution is 5.50. The lowest BCUT2D eigenvalue weighted by atomic mass is 9.51. The standard InChI is InChI=1S/C30H41NO4/c1-4-31(5-2)21-8-6-20(7-9-21)23-18-28(3)24(10-11-26(28)32)22-12-14-29(33)19-30(34-16-17-35-30)15-13-25(29)27(22)23/h6-9,16-17,22-24,26,32-33H,4-5,10-15,18-19H2,1-3H3/t22-,23+,24-,26?,28-,29+/m0/s1. The third kappa shape index (κ3) is 3.48. The van der Waals surface area contributed by atoms with Crippen LogP contribution in [0.25, 0.3) is 0 Å². The van der Waals surface area contributed by atoms with Crippen molar-refractivity contribution in [3.05, 3.63) is 53.5 Å². The Balaban J connectivity index is 1.43. The minimum Gasteiger partial charge on any atom is -0.457 e. The Morgan fingerprint density at radius 2 is 1.71 bits per heavy atom. The van der Waals surface area contributed by atoms with Crippen molar-refractivity contribution in [2.45, 2.75) is 95.5 Å². The van der Waals surface area contributed by atoms with Gasteiger partial charge in [0.05, 0.1) is 18.1 Å². The summed E-state index contributed by atoms with van der Waals surface area (Å²) in [4.78, 5) is 2.38. The van der Waals surface area contributed by atoms with Crippen molar-refractivity contribution in [1.82, 2.24) is 0 Å². The lowest BCUT2D eigenvalue weighted by molar-refractivity contribution is -0.196. The Morgan fingerprint density at radius 1 is 1.00 bits per heavy atom. The summed E-state index contributed by atoms with van der Waals surface area (Å²) in [6.45, 7) is 8.72. The number of hydrogen-bond acceptors (Lipinski definition) is 5. The lowest BCUT2D eigenvalue weighted by Crippen LogP contribution is -2.53. The van der Waals surface area contributed by atoms with Gasteiger partial charge in [-0.25, -0.2) is 0 Å². The van der Waals surface area contributed by atoms with E-state index < -0.39 is 11.4 Å². The van der Waals surface area contributed by atoms with Crippen molar-refractivity contribution in [2.24, 2.45) is 17.3 Å². The molecule has 0 bridgehead atoms. The number of rotatable bonds is 4. The monoisotopic (exact) mass is 479 g/mol. The largest absolute Gasteiger partial charge is 0.457 e. The number of aliphatic hydroxyl groups excluding tert-OH is 1. The molecule has 6 rings (SSSR count). The summed E-state index contributed by atoms with van der Waals surface area (Å²) in [6, 6.07) is 9.13. The summed E-state index contributed by atoms with van der Waals surface area (Å²) in [5, 5.41) is 23.2. The van der Waals surface area contributed by atoms with Crippen molar-refractivity contribution in [2.75, 3.05) is 18.0 Å². The SMILES string of the molecule is CCN(CC)c1ccc([C@H]2C[C@]3(C)C(O)CC[C@H]3[C@@H]3CC[C@@]4(O)CC5(CCC4=C32)OC=CO5)cc1. The number of ether oxygens (including phenoxy) is 2. The van der Waals surface area contributed by atoms with Crippen molar-refractivity contribution in [3.8, 4) is 0 Å². The minimum atomic E-state index is -0.875. The molecule has 35 heavy (non-hydrogen) atoms. The fourth-order valence-electron chi connectivity index (χ4n) is 8.58. The number of benzene rings is 1. The van der Waals surface area contributed by atoms with Crippen LogP contribution in [0, 0.1) is 17.3 Å². The van der Waals surface area contributed by atoms with E-state index in [2.05, 4.69) is 49.9 Å². The molecule has 1 heterocycles. The quantitative estimate of drug-likeness (QED) is 0.548. The van der Waals surface area contributed by atoms with Crippen LogP contribution in [-0.4, -0.2) is 40.8 Å². The predicted octanol–water partition coefficient (Wildman–Crippen LogP) is 5.63. The van der Waals surface area contributed by atoms with Crippen molar-refractivity contribution in [3.63, 3.8) is 0 Å². The number of hydrogen-bond donors (Lipinski definition) is 2. The van der Waals surface area contributed by atoms with Crippen LogP contribution in [-0.2, 0) is 9.47 Å². The summed E-state index contributed by atoms with van der Waals surface area (Å²) >= 11 is 0. The van der Waals surface area contributed by atoms with E-state index in [4.69, 9.17) is 9.47 Å². The summed E-state index contributed by atoms with van der Waals surface area (Å²) in [5.74, 6) is 0.455. The summed E-state index contributed by atoms with van der Waals surface area (Å²) in [7, 11) is 0. The van der Waals surface area contributed by atoms with Crippen molar-refractivity contribution in [1.29, 1.82) is 0 Å². The molecule has 5 heteroatoms. The smallest absolute Gasteiger partial charge is 0.253 e. The zero-order valence-electron chi connectivity index (χ0n) is 21.5. The molecular weight excluding hydrogens is 438 g/mol. The second kappa shape index (κ2) is 8.27. The predicted molar refractivity (Wildman–Crippen MR) is 137 cm³/mol. The molecule has 0 saturated heterocycles. The Morgan fingerprint density at radius 3 is 2.40 bits per heavy atom. The zero-order chi connectivity index (χ0) is 24.4. The Kier molecular flexibility index (Phi) is 5.54. The van der Waals surface area contributed by atoms with Crippen LogP contribution < -0.4 is 4.90 Å². The minimum absolute atomic E-state index is 0.0656. The molecule has 0 aromatic heterocycles. The molecule has 3 saturated carbocycles. The van der Waals surface area contributed by atoms with Gasteiger partial charge in [0, 0.05) is 31.1 Å². The van der Waals surface area contributed by atoms with E-state index in [-0.39, 0.29) is 17.4 Å². The maximum absolute atomic E-state index is 12.1. The van der Waals surface area contributed by atoms with Crippen LogP contribution in [0.5, 0.6) is 0 Å². The van der Waals surface area contributed by atoms with Gasteiger partial charge in [-0.1, -0.05) is 24.6 Å². The molecular formula is C30H41NO4. The second-order valence-electron chi connectivity index (χ2n) is 11.9. The zero-order valence-corrected chi connectivity index (χ0v) is 21.5. The van der Waals surface area contributed by atoms with Gasteiger partial charge in [0.2, 0.25) is 0 Å². The van der Waals surface area contributed by atoms with Crippen LogP contribution in [0.15, 0.2) is 47.9 Å². The maximum atomic E-state index is 12.1. The topological polar surface area (TPSA) is 62.2 Å². The van der Waals surface area contributed by atoms with Gasteiger partial charge in [-0.3, -0.25) is 0 Å². The third-order valence-corrected chi connectivity index (χ3v) is 10.4. The van der Waals surface area contributed by atoms with E-state index in [1.165, 1.54) is 22.4 Å². The van der Waals surface area contributed by atoms with Crippen molar-refractivity contribution >= 4 is 5.69 Å². The number of nitrogens with zero attached hydrogens (tertiary/aromatic N) is 1. The van der Waals surface area contributed by atoms with Gasteiger partial charge in [-0.15, -0.1) is 0 Å². The van der Waals surface area contributed by atoms with E-state index >= 15 is 0 Å². The molecule has 3 fully saturated rings. The Labute approximate surface area is 209 Å². The summed E-state index contributed by atoms with van der Waals surface area (Å²) in [5.41, 5.74) is 4.37. The molecule has 0 amide bonds. The molecule has 190 valence electrons. The maximum Gasteiger partial charge on any atom is 0.253 e. The normalized spacial score (nSPS) is 39.0. The highest BCUT2D eigenvalue weighted by atomic mass is 16.7. The molecule has 1 aliphatic heterocycles. The fourth-order valence-corrected chi connectivity index (χ4v) is 8.58. The van der Waals surface area contributed by atoms with Crippen molar-refractivity contribution < 1.29 is 19.7 Å². The van der Waals surface area contributed by atoms with Crippen LogP contribution in [0.4, 0.5) is 5.69 Å². The molecule has 1 aromatic rings. The number of allylic oxidation sites excluding steroid dienone is 1. The van der Waals surface area contributed by atoms with Gasteiger partial charge in [-0.05, 0) is 92.9 Å². The van der Waals surface area contributed by atoms with Crippen LogP contribution in [0.1, 0.15) is 83.6 Å². The van der Waals surface area contributed by atoms with Gasteiger partial charge in [0.15, 0.2) is 0 Å². The molecule has 1 aromatic carbocycles. The Hall–Kier alpha value is -1.98. The molecule has 6 atom stereocenters. The average molecular weight is 480 g/mol. The van der Waals surface area contributed by atoms with E-state index in [0.717, 1.165) is 58.0 Å². The molecule has 5 nitrogen and oxygen atoms in total. The molecule has 5 aliphatic rings. The van der Waals surface area contributed by atoms with Crippen LogP contribution >= 0.6 is 0 Å². The average Bonchev–Trinajstić information content (AvgIpc) is 3.42. The van der Waals surface area contributed by atoms with E-state index in [1.807, 2.05) is 0 Å². The lowest BCUT2D eigenvalue weighted by Gasteiger charge is -2.56. The molecule has 2 N–H and O–H groups in total. The highest BCUT2D eigenvalue weighted by Crippen LogP contribution is 2.65. The Bertz CT molecular complexity index is 1020. The molecule has 0 radical (unpaired) electrons. The number of aliphatic hydroxyl groups is 2. The molecule has 1 spiro atoms. The van der Waals surface area contributed by atoms with Gasteiger partial charge in [-0.2, -0.15) is 0 Å². The van der Waals surface area contributed by atoms with Crippen LogP contribution in [0.3, 0.4) is 0 Å². The van der Waals surface area contributed by atoms with Gasteiger partial charge < -0.3 is 24.6 Å². The van der Waals surface area contributed by atoms with E-state index in [1.54, 1.807) is 12.5 Å². The first-order valence-electron chi connectivity index (χ1n) is 13.8. The molecule has 1 unspecified atom stereocenters. The summed E-state index contributed by atoms with van der Waals surface area (Å²) in [6.07, 6.45) is 9.75.